The Morgan fingerprint density at radius 1 is 1.02 bits per heavy atom. The first-order valence-electron chi connectivity index (χ1n) is 14.6. The Labute approximate surface area is 246 Å². The predicted molar refractivity (Wildman–Crippen MR) is 168 cm³/mol. The van der Waals surface area contributed by atoms with Crippen LogP contribution in [0.2, 0.25) is 0 Å². The third-order valence-corrected chi connectivity index (χ3v) is 7.24. The number of nitrogens with one attached hydrogen (secondary N) is 1. The van der Waals surface area contributed by atoms with Crippen molar-refractivity contribution in [3.63, 3.8) is 0 Å². The lowest BCUT2D eigenvalue weighted by Crippen LogP contribution is -2.40. The van der Waals surface area contributed by atoms with Gasteiger partial charge in [0.05, 0.1) is 11.9 Å². The zero-order chi connectivity index (χ0) is 28.7. The van der Waals surface area contributed by atoms with Crippen molar-refractivity contribution in [2.75, 3.05) is 26.2 Å². The van der Waals surface area contributed by atoms with Crippen molar-refractivity contribution in [1.82, 2.24) is 19.8 Å². The maximum absolute atomic E-state index is 12.9. The fourth-order valence-electron chi connectivity index (χ4n) is 5.16. The lowest BCUT2D eigenvalue weighted by atomic mass is 9.90. The second kappa shape index (κ2) is 16.2. The molecule has 0 saturated carbocycles. The molecular formula is C35H44N4O2. The number of ether oxygens (including phenoxy) is 1. The van der Waals surface area contributed by atoms with Gasteiger partial charge in [-0.3, -0.25) is 4.79 Å². The largest absolute Gasteiger partial charge is 0.489 e. The molecule has 0 spiro atoms. The molecule has 0 radical (unpaired) electrons. The van der Waals surface area contributed by atoms with Gasteiger partial charge >= 0.3 is 0 Å². The first kappa shape index (κ1) is 29.8. The standard InChI is InChI=1S/C32H36N4O2.C3H6.H2/c37-32(34-18-9-20-36-23-19-33-25-36)29-14-7-8-15-31(29)38-28-16-21-35(22-17-28)24-30(26-10-3-1-4-11-26)27-12-5-2-6-13-27;1-3-2;/h1-8,10-15,19,23,25,28,30H,9,16-18,20-22,24H2,(H,34,37);3H,1H2,2H3;1H. The number of allylic oxidation sites excluding steroid dienone is 1. The van der Waals surface area contributed by atoms with E-state index in [1.54, 1.807) is 18.6 Å². The summed E-state index contributed by atoms with van der Waals surface area (Å²) in [5.74, 6) is 0.926. The summed E-state index contributed by atoms with van der Waals surface area (Å²) < 4.78 is 8.41. The number of aromatic nitrogens is 2. The molecule has 0 aliphatic carbocycles. The molecule has 2 heterocycles. The van der Waals surface area contributed by atoms with Crippen LogP contribution in [-0.2, 0) is 6.54 Å². The molecule has 1 amide bonds. The van der Waals surface area contributed by atoms with Crippen LogP contribution in [0.1, 0.15) is 55.0 Å². The first-order chi connectivity index (χ1) is 20.2. The highest BCUT2D eigenvalue weighted by Gasteiger charge is 2.25. The van der Waals surface area contributed by atoms with Crippen molar-refractivity contribution in [2.24, 2.45) is 0 Å². The smallest absolute Gasteiger partial charge is 0.255 e. The second-order valence-corrected chi connectivity index (χ2v) is 10.3. The molecule has 41 heavy (non-hydrogen) atoms. The molecule has 6 nitrogen and oxygen atoms in total. The van der Waals surface area contributed by atoms with E-state index < -0.39 is 0 Å². The van der Waals surface area contributed by atoms with Gasteiger partial charge in [-0.05, 0) is 49.4 Å². The van der Waals surface area contributed by atoms with Gasteiger partial charge in [-0.2, -0.15) is 0 Å². The van der Waals surface area contributed by atoms with Crippen LogP contribution in [0.15, 0.2) is 116 Å². The molecule has 1 fully saturated rings. The number of benzene rings is 3. The molecule has 5 rings (SSSR count). The summed E-state index contributed by atoms with van der Waals surface area (Å²) >= 11 is 0. The van der Waals surface area contributed by atoms with Crippen LogP contribution in [-0.4, -0.2) is 52.6 Å². The SMILES string of the molecule is C=CC.O=C(NCCCn1ccnc1)c1ccccc1OC1CCN(CC(c2ccccc2)c2ccccc2)CC1.[HH]. The Morgan fingerprint density at radius 3 is 2.24 bits per heavy atom. The van der Waals surface area contributed by atoms with E-state index in [1.807, 2.05) is 42.0 Å². The summed E-state index contributed by atoms with van der Waals surface area (Å²) in [6.07, 6.45) is 10.1. The number of aryl methyl sites for hydroxylation is 1. The van der Waals surface area contributed by atoms with Crippen LogP contribution >= 0.6 is 0 Å². The molecule has 0 bridgehead atoms. The topological polar surface area (TPSA) is 59.4 Å². The van der Waals surface area contributed by atoms with E-state index in [0.29, 0.717) is 23.8 Å². The zero-order valence-electron chi connectivity index (χ0n) is 24.1. The minimum Gasteiger partial charge on any atom is -0.489 e. The van der Waals surface area contributed by atoms with E-state index in [4.69, 9.17) is 4.74 Å². The van der Waals surface area contributed by atoms with Crippen molar-refractivity contribution < 1.29 is 11.0 Å². The maximum Gasteiger partial charge on any atom is 0.255 e. The molecule has 4 aromatic rings. The molecule has 216 valence electrons. The lowest BCUT2D eigenvalue weighted by molar-refractivity contribution is 0.0899. The highest BCUT2D eigenvalue weighted by Crippen LogP contribution is 2.28. The van der Waals surface area contributed by atoms with Gasteiger partial charge in [-0.1, -0.05) is 78.9 Å². The predicted octanol–water partition coefficient (Wildman–Crippen LogP) is 6.82. The minimum atomic E-state index is -0.0859. The molecule has 1 saturated heterocycles. The van der Waals surface area contributed by atoms with Gasteiger partial charge in [0.2, 0.25) is 0 Å². The van der Waals surface area contributed by atoms with Crippen LogP contribution in [0.4, 0.5) is 0 Å². The molecular weight excluding hydrogens is 508 g/mol. The van der Waals surface area contributed by atoms with E-state index in [9.17, 15) is 4.79 Å². The van der Waals surface area contributed by atoms with Gasteiger partial charge in [0.15, 0.2) is 0 Å². The maximum atomic E-state index is 12.9. The summed E-state index contributed by atoms with van der Waals surface area (Å²) in [5, 5.41) is 3.04. The number of likely N-dealkylation sites (tertiary alicyclic amines) is 1. The number of carbonyl (C=O) groups excluding carboxylic acids is 1. The number of hydrogen-bond donors (Lipinski definition) is 1. The monoisotopic (exact) mass is 552 g/mol. The van der Waals surface area contributed by atoms with Crippen LogP contribution < -0.4 is 10.1 Å². The van der Waals surface area contributed by atoms with Crippen molar-refractivity contribution in [2.45, 2.75) is 44.8 Å². The van der Waals surface area contributed by atoms with E-state index in [-0.39, 0.29) is 13.4 Å². The number of nitrogens with zero attached hydrogens (tertiary/aromatic N) is 3. The van der Waals surface area contributed by atoms with Crippen molar-refractivity contribution >= 4 is 5.91 Å². The Morgan fingerprint density at radius 2 is 1.63 bits per heavy atom. The third-order valence-electron chi connectivity index (χ3n) is 7.24. The van der Waals surface area contributed by atoms with Crippen molar-refractivity contribution in [1.29, 1.82) is 0 Å². The number of imidazole rings is 1. The van der Waals surface area contributed by atoms with Gasteiger partial charge in [-0.25, -0.2) is 4.98 Å². The first-order valence-corrected chi connectivity index (χ1v) is 14.6. The van der Waals surface area contributed by atoms with Crippen LogP contribution in [0, 0.1) is 0 Å². The van der Waals surface area contributed by atoms with Gasteiger partial charge in [0.1, 0.15) is 11.9 Å². The second-order valence-electron chi connectivity index (χ2n) is 10.3. The molecule has 1 aliphatic rings. The normalized spacial score (nSPS) is 13.7. The summed E-state index contributed by atoms with van der Waals surface area (Å²) in [7, 11) is 0. The van der Waals surface area contributed by atoms with Gasteiger partial charge in [-0.15, -0.1) is 6.58 Å². The van der Waals surface area contributed by atoms with E-state index >= 15 is 0 Å². The highest BCUT2D eigenvalue weighted by molar-refractivity contribution is 5.96. The summed E-state index contributed by atoms with van der Waals surface area (Å²) in [6, 6.07) is 29.2. The van der Waals surface area contributed by atoms with Gasteiger partial charge < -0.3 is 19.5 Å². The molecule has 3 aromatic carbocycles. The van der Waals surface area contributed by atoms with Crippen LogP contribution in [0.3, 0.4) is 0 Å². The van der Waals surface area contributed by atoms with E-state index in [0.717, 1.165) is 45.4 Å². The van der Waals surface area contributed by atoms with E-state index in [1.165, 1.54) is 11.1 Å². The average Bonchev–Trinajstić information content (AvgIpc) is 3.54. The Bertz CT molecular complexity index is 1270. The fraction of sp³-hybridized carbons (Fsp3) is 0.314. The summed E-state index contributed by atoms with van der Waals surface area (Å²) in [5.41, 5.74) is 3.30. The fourth-order valence-corrected chi connectivity index (χ4v) is 5.16. The molecule has 1 N–H and O–H groups in total. The Kier molecular flexibility index (Phi) is 11.8. The number of para-hydroxylation sites is 1. The molecule has 0 atom stereocenters. The summed E-state index contributed by atoms with van der Waals surface area (Å²) in [6.45, 7) is 9.62. The number of carbonyl (C=O) groups is 1. The van der Waals surface area contributed by atoms with E-state index in [2.05, 4.69) is 82.4 Å². The Hall–Kier alpha value is -4.16. The number of piperidine rings is 1. The zero-order valence-corrected chi connectivity index (χ0v) is 24.1. The molecule has 1 aromatic heterocycles. The Balaban J connectivity index is 0.00000116. The third kappa shape index (κ3) is 9.19. The number of amides is 1. The number of rotatable bonds is 11. The van der Waals surface area contributed by atoms with Crippen molar-refractivity contribution in [3.8, 4) is 5.75 Å². The molecule has 6 heteroatoms. The lowest BCUT2D eigenvalue weighted by Gasteiger charge is -2.35. The van der Waals surface area contributed by atoms with Gasteiger partial charge in [0, 0.05) is 52.5 Å². The van der Waals surface area contributed by atoms with Gasteiger partial charge in [0.25, 0.3) is 5.91 Å². The molecule has 0 unspecified atom stereocenters. The van der Waals surface area contributed by atoms with Crippen molar-refractivity contribution in [3.05, 3.63) is 133 Å². The van der Waals surface area contributed by atoms with Crippen LogP contribution in [0.25, 0.3) is 0 Å². The molecule has 1 aliphatic heterocycles. The van der Waals surface area contributed by atoms with Crippen LogP contribution in [0.5, 0.6) is 5.75 Å². The quantitative estimate of drug-likeness (QED) is 0.164. The highest BCUT2D eigenvalue weighted by atomic mass is 16.5. The minimum absolute atomic E-state index is 0. The summed E-state index contributed by atoms with van der Waals surface area (Å²) in [4.78, 5) is 19.5. The average molecular weight is 553 g/mol. The number of hydrogen-bond acceptors (Lipinski definition) is 4.